The fraction of sp³-hybridized carbons (Fsp3) is 0.233. The number of alkyl halides is 3. The van der Waals surface area contributed by atoms with E-state index in [1.165, 1.54) is 6.33 Å². The Hall–Kier alpha value is -4.35. The predicted molar refractivity (Wildman–Crippen MR) is 159 cm³/mol. The van der Waals surface area contributed by atoms with Gasteiger partial charge in [0.2, 0.25) is 5.88 Å². The molecule has 0 saturated heterocycles. The lowest BCUT2D eigenvalue weighted by Gasteiger charge is -2.26. The number of rotatable bonds is 9. The molecule has 0 bridgehead atoms. The van der Waals surface area contributed by atoms with E-state index in [1.807, 2.05) is 31.1 Å². The number of H-pyrrole nitrogens is 1. The van der Waals surface area contributed by atoms with Crippen molar-refractivity contribution in [2.45, 2.75) is 12.6 Å². The van der Waals surface area contributed by atoms with Gasteiger partial charge in [-0.1, -0.05) is 23.7 Å². The number of amides is 1. The summed E-state index contributed by atoms with van der Waals surface area (Å²) in [6.07, 6.45) is -0.767. The van der Waals surface area contributed by atoms with Crippen molar-refractivity contribution in [1.29, 1.82) is 0 Å². The molecule has 0 atom stereocenters. The number of aromatic nitrogens is 3. The second-order valence-electron chi connectivity index (χ2n) is 10.1. The summed E-state index contributed by atoms with van der Waals surface area (Å²) in [5.41, 5.74) is 0.257. The number of hydrogen-bond donors (Lipinski definition) is 2. The molecule has 0 fully saturated rings. The Labute approximate surface area is 245 Å². The molecule has 5 rings (SSSR count). The standard InChI is InChI=1S/C30H28ClF3N6O2/c1-39(2)12-5-13-40(3)26-24(31)15-19(30(32,33)34)16-25(26)38-28(41)22-7-4-6-18-14-20(8-9-21(18)22)42-29-23-10-11-35-27(23)36-17-37-29/h4,6-11,14-17H,5,12-13H2,1-3H3,(H,38,41)(H,35,36,37). The van der Waals surface area contributed by atoms with E-state index in [0.717, 1.165) is 25.1 Å². The van der Waals surface area contributed by atoms with E-state index in [1.54, 1.807) is 48.5 Å². The summed E-state index contributed by atoms with van der Waals surface area (Å²) in [7, 11) is 5.61. The average Bonchev–Trinajstić information content (AvgIpc) is 3.42. The molecule has 5 aromatic rings. The summed E-state index contributed by atoms with van der Waals surface area (Å²) >= 11 is 6.39. The Balaban J connectivity index is 1.45. The van der Waals surface area contributed by atoms with Gasteiger partial charge >= 0.3 is 6.18 Å². The predicted octanol–water partition coefficient (Wildman–Crippen LogP) is 7.22. The largest absolute Gasteiger partial charge is 0.438 e. The molecule has 0 radical (unpaired) electrons. The van der Waals surface area contributed by atoms with Gasteiger partial charge in [0.15, 0.2) is 0 Å². The van der Waals surface area contributed by atoms with Crippen LogP contribution in [0, 0.1) is 0 Å². The minimum absolute atomic E-state index is 0.0246. The Kier molecular flexibility index (Phi) is 8.24. The number of carbonyl (C=O) groups is 1. The van der Waals surface area contributed by atoms with Gasteiger partial charge in [-0.05, 0) is 80.3 Å². The first-order valence-corrected chi connectivity index (χ1v) is 13.5. The van der Waals surface area contributed by atoms with Crippen molar-refractivity contribution in [1.82, 2.24) is 19.9 Å². The molecule has 8 nitrogen and oxygen atoms in total. The first-order chi connectivity index (χ1) is 20.0. The van der Waals surface area contributed by atoms with Gasteiger partial charge in [0, 0.05) is 25.4 Å². The van der Waals surface area contributed by atoms with Gasteiger partial charge in [0.05, 0.1) is 27.3 Å². The van der Waals surface area contributed by atoms with Gasteiger partial charge < -0.3 is 24.8 Å². The van der Waals surface area contributed by atoms with E-state index in [0.29, 0.717) is 45.7 Å². The number of nitrogens with one attached hydrogen (secondary N) is 2. The van der Waals surface area contributed by atoms with E-state index in [2.05, 4.69) is 20.3 Å². The van der Waals surface area contributed by atoms with E-state index in [9.17, 15) is 18.0 Å². The normalized spacial score (nSPS) is 11.8. The smallest absolute Gasteiger partial charge is 0.416 e. The fourth-order valence-electron chi connectivity index (χ4n) is 4.74. The monoisotopic (exact) mass is 596 g/mol. The maximum absolute atomic E-state index is 13.7. The first kappa shape index (κ1) is 29.2. The number of aromatic amines is 1. The van der Waals surface area contributed by atoms with Crippen molar-refractivity contribution < 1.29 is 22.7 Å². The molecule has 2 heterocycles. The molecule has 0 spiro atoms. The molecular weight excluding hydrogens is 569 g/mol. The number of hydrogen-bond acceptors (Lipinski definition) is 6. The van der Waals surface area contributed by atoms with Crippen LogP contribution in [-0.2, 0) is 6.18 Å². The molecule has 0 aliphatic heterocycles. The average molecular weight is 597 g/mol. The van der Waals surface area contributed by atoms with Crippen LogP contribution in [-0.4, -0.2) is 60.0 Å². The molecule has 3 aromatic carbocycles. The molecular formula is C30H28ClF3N6O2. The lowest BCUT2D eigenvalue weighted by Crippen LogP contribution is -2.25. The van der Waals surface area contributed by atoms with Crippen LogP contribution in [0.15, 0.2) is 67.1 Å². The summed E-state index contributed by atoms with van der Waals surface area (Å²) in [4.78, 5) is 28.7. The minimum Gasteiger partial charge on any atom is -0.438 e. The number of halogens is 4. The Morgan fingerprint density at radius 2 is 1.83 bits per heavy atom. The number of nitrogens with zero attached hydrogens (tertiary/aromatic N) is 4. The van der Waals surface area contributed by atoms with Gasteiger partial charge in [-0.15, -0.1) is 0 Å². The number of fused-ring (bicyclic) bond motifs is 2. The molecule has 0 unspecified atom stereocenters. The molecule has 42 heavy (non-hydrogen) atoms. The van der Waals surface area contributed by atoms with Crippen LogP contribution in [0.5, 0.6) is 11.6 Å². The Bertz CT molecular complexity index is 1760. The summed E-state index contributed by atoms with van der Waals surface area (Å²) < 4.78 is 47.1. The molecule has 12 heteroatoms. The van der Waals surface area contributed by atoms with Gasteiger partial charge in [0.25, 0.3) is 5.91 Å². The van der Waals surface area contributed by atoms with E-state index in [4.69, 9.17) is 16.3 Å². The maximum Gasteiger partial charge on any atom is 0.416 e. The van der Waals surface area contributed by atoms with Crippen molar-refractivity contribution in [2.75, 3.05) is 44.4 Å². The van der Waals surface area contributed by atoms with Crippen LogP contribution >= 0.6 is 11.6 Å². The summed E-state index contributed by atoms with van der Waals surface area (Å²) in [5, 5.41) is 4.60. The van der Waals surface area contributed by atoms with Crippen LogP contribution < -0.4 is 15.0 Å². The van der Waals surface area contributed by atoms with Gasteiger partial charge in [-0.2, -0.15) is 13.2 Å². The molecule has 1 amide bonds. The zero-order valence-corrected chi connectivity index (χ0v) is 23.8. The lowest BCUT2D eigenvalue weighted by molar-refractivity contribution is -0.137. The third kappa shape index (κ3) is 6.27. The van der Waals surface area contributed by atoms with Crippen LogP contribution in [0.4, 0.5) is 24.5 Å². The van der Waals surface area contributed by atoms with Crippen molar-refractivity contribution in [3.63, 3.8) is 0 Å². The van der Waals surface area contributed by atoms with E-state index < -0.39 is 17.6 Å². The molecule has 0 aliphatic rings. The highest BCUT2D eigenvalue weighted by molar-refractivity contribution is 6.34. The van der Waals surface area contributed by atoms with Gasteiger partial charge in [0.1, 0.15) is 17.7 Å². The number of ether oxygens (including phenoxy) is 1. The Morgan fingerprint density at radius 1 is 1.02 bits per heavy atom. The van der Waals surface area contributed by atoms with Crippen LogP contribution in [0.3, 0.4) is 0 Å². The van der Waals surface area contributed by atoms with Crippen LogP contribution in [0.2, 0.25) is 5.02 Å². The third-order valence-corrected chi connectivity index (χ3v) is 7.04. The summed E-state index contributed by atoms with van der Waals surface area (Å²) in [6.45, 7) is 1.30. The molecule has 2 N–H and O–H groups in total. The number of carbonyl (C=O) groups excluding carboxylic acids is 1. The number of anilines is 2. The van der Waals surface area contributed by atoms with Crippen molar-refractivity contribution in [2.24, 2.45) is 0 Å². The van der Waals surface area contributed by atoms with Gasteiger partial charge in [-0.3, -0.25) is 4.79 Å². The maximum atomic E-state index is 13.7. The highest BCUT2D eigenvalue weighted by Gasteiger charge is 2.33. The van der Waals surface area contributed by atoms with Crippen molar-refractivity contribution >= 4 is 50.7 Å². The van der Waals surface area contributed by atoms with Crippen LogP contribution in [0.1, 0.15) is 22.3 Å². The SMILES string of the molecule is CN(C)CCCN(C)c1c(Cl)cc(C(F)(F)F)cc1NC(=O)c1cccc2cc(Oc3ncnc4[nH]ccc34)ccc12. The zero-order chi connectivity index (χ0) is 30.0. The second kappa shape index (κ2) is 11.9. The fourth-order valence-corrected chi connectivity index (χ4v) is 5.10. The topological polar surface area (TPSA) is 86.4 Å². The quantitative estimate of drug-likeness (QED) is 0.187. The summed E-state index contributed by atoms with van der Waals surface area (Å²) in [5.74, 6) is 0.295. The molecule has 2 aromatic heterocycles. The van der Waals surface area contributed by atoms with Gasteiger partial charge in [-0.25, -0.2) is 9.97 Å². The van der Waals surface area contributed by atoms with E-state index in [-0.39, 0.29) is 16.3 Å². The highest BCUT2D eigenvalue weighted by Crippen LogP contribution is 2.41. The molecule has 0 aliphatic carbocycles. The lowest BCUT2D eigenvalue weighted by atomic mass is 10.0. The Morgan fingerprint density at radius 3 is 2.60 bits per heavy atom. The van der Waals surface area contributed by atoms with Crippen molar-refractivity contribution in [3.8, 4) is 11.6 Å². The molecule has 0 saturated carbocycles. The van der Waals surface area contributed by atoms with E-state index >= 15 is 0 Å². The number of benzene rings is 3. The second-order valence-corrected chi connectivity index (χ2v) is 10.5. The van der Waals surface area contributed by atoms with Crippen molar-refractivity contribution in [3.05, 3.63) is 83.3 Å². The highest BCUT2D eigenvalue weighted by atomic mass is 35.5. The minimum atomic E-state index is -4.64. The zero-order valence-electron chi connectivity index (χ0n) is 23.1. The molecule has 218 valence electrons. The summed E-state index contributed by atoms with van der Waals surface area (Å²) in [6, 6.07) is 13.9. The third-order valence-electron chi connectivity index (χ3n) is 6.75. The first-order valence-electron chi connectivity index (χ1n) is 13.1. The van der Waals surface area contributed by atoms with Crippen LogP contribution in [0.25, 0.3) is 21.8 Å².